The van der Waals surface area contributed by atoms with E-state index in [1.54, 1.807) is 22.4 Å². The van der Waals surface area contributed by atoms with Gasteiger partial charge in [0.1, 0.15) is 5.82 Å². The molecule has 2 aromatic heterocycles. The number of carbonyl (C=O) groups is 1. The van der Waals surface area contributed by atoms with Crippen molar-refractivity contribution in [2.45, 2.75) is 25.3 Å². The second-order valence-electron chi connectivity index (χ2n) is 4.67. The Morgan fingerprint density at radius 2 is 2.32 bits per heavy atom. The minimum atomic E-state index is -0.0974. The summed E-state index contributed by atoms with van der Waals surface area (Å²) in [7, 11) is 0. The minimum absolute atomic E-state index is 0.0733. The summed E-state index contributed by atoms with van der Waals surface area (Å²) >= 11 is 7.79. The van der Waals surface area contributed by atoms with Crippen LogP contribution < -0.4 is 4.90 Å². The van der Waals surface area contributed by atoms with Crippen LogP contribution in [0.2, 0.25) is 0 Å². The Bertz CT molecular complexity index is 607. The first kappa shape index (κ1) is 12.7. The Kier molecular flexibility index (Phi) is 3.33. The second kappa shape index (κ2) is 4.98. The average Bonchev–Trinajstić information content (AvgIpc) is 3.02. The van der Waals surface area contributed by atoms with Crippen molar-refractivity contribution in [3.63, 3.8) is 0 Å². The number of anilines is 1. The maximum absolute atomic E-state index is 11.9. The lowest BCUT2D eigenvalue weighted by atomic mass is 10.4. The van der Waals surface area contributed by atoms with E-state index in [1.165, 1.54) is 9.75 Å². The predicted molar refractivity (Wildman–Crippen MR) is 77.0 cm³/mol. The third kappa shape index (κ3) is 2.53. The van der Waals surface area contributed by atoms with Crippen LogP contribution in [0, 0.1) is 6.92 Å². The van der Waals surface area contributed by atoms with Crippen molar-refractivity contribution in [2.75, 3.05) is 11.4 Å². The molecule has 0 saturated carbocycles. The number of aryl methyl sites for hydroxylation is 1. The van der Waals surface area contributed by atoms with Crippen molar-refractivity contribution in [2.24, 2.45) is 0 Å². The first-order valence-electron chi connectivity index (χ1n) is 6.15. The minimum Gasteiger partial charge on any atom is -0.295 e. The van der Waals surface area contributed by atoms with Crippen molar-refractivity contribution in [1.29, 1.82) is 0 Å². The number of aromatic nitrogens is 2. The summed E-state index contributed by atoms with van der Waals surface area (Å²) in [5.41, 5.74) is 0. The SMILES string of the molecule is Cc1ccc(Cn2nccc2N2CC(Cl)CC2=O)s1. The fourth-order valence-electron chi connectivity index (χ4n) is 2.28. The summed E-state index contributed by atoms with van der Waals surface area (Å²) in [6.07, 6.45) is 2.13. The van der Waals surface area contributed by atoms with Crippen molar-refractivity contribution in [3.8, 4) is 0 Å². The van der Waals surface area contributed by atoms with Gasteiger partial charge in [0, 0.05) is 28.8 Å². The maximum atomic E-state index is 11.9. The van der Waals surface area contributed by atoms with Crippen LogP contribution in [0.15, 0.2) is 24.4 Å². The van der Waals surface area contributed by atoms with E-state index in [1.807, 2.05) is 10.7 Å². The Hall–Kier alpha value is -1.33. The van der Waals surface area contributed by atoms with Gasteiger partial charge in [0.25, 0.3) is 0 Å². The summed E-state index contributed by atoms with van der Waals surface area (Å²) < 4.78 is 1.86. The quantitative estimate of drug-likeness (QED) is 0.817. The monoisotopic (exact) mass is 295 g/mol. The molecule has 1 aliphatic rings. The van der Waals surface area contributed by atoms with E-state index in [9.17, 15) is 4.79 Å². The van der Waals surface area contributed by atoms with Crippen LogP contribution >= 0.6 is 22.9 Å². The molecule has 1 atom stereocenters. The van der Waals surface area contributed by atoms with Gasteiger partial charge in [0.05, 0.1) is 18.1 Å². The van der Waals surface area contributed by atoms with E-state index in [2.05, 4.69) is 24.2 Å². The molecular formula is C13H14ClN3OS. The molecule has 0 aromatic carbocycles. The second-order valence-corrected chi connectivity index (χ2v) is 6.65. The lowest BCUT2D eigenvalue weighted by Gasteiger charge is -2.17. The first-order valence-corrected chi connectivity index (χ1v) is 7.40. The number of nitrogens with zero attached hydrogens (tertiary/aromatic N) is 3. The van der Waals surface area contributed by atoms with Crippen LogP contribution in [-0.4, -0.2) is 27.6 Å². The topological polar surface area (TPSA) is 38.1 Å². The lowest BCUT2D eigenvalue weighted by Crippen LogP contribution is -2.27. The van der Waals surface area contributed by atoms with Crippen molar-refractivity contribution < 1.29 is 4.79 Å². The standard InChI is InChI=1S/C13H14ClN3OS/c1-9-2-3-11(19-9)8-17-12(4-5-15-17)16-7-10(14)6-13(16)18/h2-5,10H,6-8H2,1H3. The zero-order chi connectivity index (χ0) is 13.4. The summed E-state index contributed by atoms with van der Waals surface area (Å²) in [5, 5.41) is 4.21. The van der Waals surface area contributed by atoms with Gasteiger partial charge in [0.2, 0.25) is 5.91 Å². The molecule has 19 heavy (non-hydrogen) atoms. The molecule has 0 spiro atoms. The number of carbonyl (C=O) groups excluding carboxylic acids is 1. The molecular weight excluding hydrogens is 282 g/mol. The summed E-state index contributed by atoms with van der Waals surface area (Å²) in [4.78, 5) is 16.1. The molecule has 0 aliphatic carbocycles. The highest BCUT2D eigenvalue weighted by atomic mass is 35.5. The molecule has 1 fully saturated rings. The third-order valence-corrected chi connectivity index (χ3v) is 4.43. The van der Waals surface area contributed by atoms with Gasteiger partial charge in [-0.1, -0.05) is 0 Å². The fraction of sp³-hybridized carbons (Fsp3) is 0.385. The van der Waals surface area contributed by atoms with Crippen LogP contribution in [-0.2, 0) is 11.3 Å². The molecule has 2 aromatic rings. The number of hydrogen-bond donors (Lipinski definition) is 0. The Balaban J connectivity index is 1.84. The van der Waals surface area contributed by atoms with Gasteiger partial charge in [-0.25, -0.2) is 4.68 Å². The molecule has 6 heteroatoms. The highest BCUT2D eigenvalue weighted by Gasteiger charge is 2.31. The third-order valence-electron chi connectivity index (χ3n) is 3.15. The number of rotatable bonds is 3. The molecule has 1 amide bonds. The number of hydrogen-bond acceptors (Lipinski definition) is 3. The molecule has 3 rings (SSSR count). The molecule has 1 saturated heterocycles. The first-order chi connectivity index (χ1) is 9.13. The lowest BCUT2D eigenvalue weighted by molar-refractivity contribution is -0.117. The Labute approximate surface area is 120 Å². The average molecular weight is 296 g/mol. The molecule has 100 valence electrons. The molecule has 4 nitrogen and oxygen atoms in total. The Morgan fingerprint density at radius 3 is 2.95 bits per heavy atom. The van der Waals surface area contributed by atoms with Gasteiger partial charge in [-0.05, 0) is 19.1 Å². The van der Waals surface area contributed by atoms with E-state index in [4.69, 9.17) is 11.6 Å². The number of thiophene rings is 1. The number of halogens is 1. The molecule has 0 bridgehead atoms. The van der Waals surface area contributed by atoms with Gasteiger partial charge < -0.3 is 0 Å². The van der Waals surface area contributed by atoms with E-state index in [0.29, 0.717) is 19.5 Å². The zero-order valence-corrected chi connectivity index (χ0v) is 12.1. The van der Waals surface area contributed by atoms with Crippen LogP contribution in [0.3, 0.4) is 0 Å². The summed E-state index contributed by atoms with van der Waals surface area (Å²) in [6.45, 7) is 3.34. The van der Waals surface area contributed by atoms with E-state index in [0.717, 1.165) is 5.82 Å². The number of alkyl halides is 1. The molecule has 0 radical (unpaired) electrons. The van der Waals surface area contributed by atoms with Gasteiger partial charge in [-0.2, -0.15) is 5.10 Å². The van der Waals surface area contributed by atoms with Gasteiger partial charge in [0.15, 0.2) is 0 Å². The van der Waals surface area contributed by atoms with Crippen LogP contribution in [0.25, 0.3) is 0 Å². The fourth-order valence-corrected chi connectivity index (χ4v) is 3.42. The highest BCUT2D eigenvalue weighted by Crippen LogP contribution is 2.25. The van der Waals surface area contributed by atoms with Gasteiger partial charge in [-0.3, -0.25) is 9.69 Å². The van der Waals surface area contributed by atoms with E-state index >= 15 is 0 Å². The zero-order valence-electron chi connectivity index (χ0n) is 10.5. The Morgan fingerprint density at radius 1 is 1.47 bits per heavy atom. The van der Waals surface area contributed by atoms with Gasteiger partial charge >= 0.3 is 0 Å². The largest absolute Gasteiger partial charge is 0.295 e. The highest BCUT2D eigenvalue weighted by molar-refractivity contribution is 7.11. The normalized spacial score (nSPS) is 19.4. The van der Waals surface area contributed by atoms with Crippen molar-refractivity contribution >= 4 is 34.7 Å². The van der Waals surface area contributed by atoms with Crippen molar-refractivity contribution in [3.05, 3.63) is 34.2 Å². The predicted octanol–water partition coefficient (Wildman–Crippen LogP) is 2.65. The smallest absolute Gasteiger partial charge is 0.229 e. The molecule has 1 aliphatic heterocycles. The molecule has 0 N–H and O–H groups in total. The van der Waals surface area contributed by atoms with Crippen molar-refractivity contribution in [1.82, 2.24) is 9.78 Å². The molecule has 3 heterocycles. The summed E-state index contributed by atoms with van der Waals surface area (Å²) in [6, 6.07) is 6.06. The number of amides is 1. The van der Waals surface area contributed by atoms with Crippen LogP contribution in [0.5, 0.6) is 0 Å². The maximum Gasteiger partial charge on any atom is 0.229 e. The van der Waals surface area contributed by atoms with Gasteiger partial charge in [-0.15, -0.1) is 22.9 Å². The molecule has 1 unspecified atom stereocenters. The van der Waals surface area contributed by atoms with Crippen LogP contribution in [0.1, 0.15) is 16.2 Å². The summed E-state index contributed by atoms with van der Waals surface area (Å²) in [5.74, 6) is 0.906. The van der Waals surface area contributed by atoms with Crippen LogP contribution in [0.4, 0.5) is 5.82 Å². The van der Waals surface area contributed by atoms with E-state index < -0.39 is 0 Å². The van der Waals surface area contributed by atoms with E-state index in [-0.39, 0.29) is 11.3 Å².